The normalized spacial score (nSPS) is 17.9. The first-order valence-electron chi connectivity index (χ1n) is 5.75. The maximum absolute atomic E-state index is 11.3. The lowest BCUT2D eigenvalue weighted by Crippen LogP contribution is -2.02. The molecule has 2 heteroatoms. The second kappa shape index (κ2) is 6.44. The lowest BCUT2D eigenvalue weighted by Gasteiger charge is -2.13. The van der Waals surface area contributed by atoms with Crippen LogP contribution >= 0.6 is 0 Å². The van der Waals surface area contributed by atoms with Crippen molar-refractivity contribution in [3.8, 4) is 0 Å². The van der Waals surface area contributed by atoms with E-state index >= 15 is 0 Å². The molecule has 0 amide bonds. The molecule has 0 bridgehead atoms. The fourth-order valence-corrected chi connectivity index (χ4v) is 1.88. The van der Waals surface area contributed by atoms with Crippen molar-refractivity contribution in [2.75, 3.05) is 6.61 Å². The van der Waals surface area contributed by atoms with E-state index in [0.29, 0.717) is 6.61 Å². The van der Waals surface area contributed by atoms with E-state index in [0.717, 1.165) is 38.5 Å². The number of carbonyl (C=O) groups is 1. The van der Waals surface area contributed by atoms with E-state index in [2.05, 4.69) is 6.58 Å². The molecule has 0 spiro atoms. The van der Waals surface area contributed by atoms with Crippen LogP contribution in [0.5, 0.6) is 0 Å². The monoisotopic (exact) mass is 208 g/mol. The summed E-state index contributed by atoms with van der Waals surface area (Å²) in [5.41, 5.74) is 2.59. The summed E-state index contributed by atoms with van der Waals surface area (Å²) in [5, 5.41) is 0. The fourth-order valence-electron chi connectivity index (χ4n) is 1.88. The van der Waals surface area contributed by atoms with Gasteiger partial charge in [0.25, 0.3) is 0 Å². The lowest BCUT2D eigenvalue weighted by molar-refractivity contribution is -0.137. The zero-order chi connectivity index (χ0) is 11.1. The van der Waals surface area contributed by atoms with Crippen LogP contribution in [0.4, 0.5) is 0 Å². The molecular formula is C13H20O2. The van der Waals surface area contributed by atoms with E-state index in [4.69, 9.17) is 4.74 Å². The molecule has 1 aliphatic rings. The van der Waals surface area contributed by atoms with Crippen LogP contribution in [0.2, 0.25) is 0 Å². The molecule has 0 unspecified atom stereocenters. The number of hydrogen-bond acceptors (Lipinski definition) is 2. The van der Waals surface area contributed by atoms with Gasteiger partial charge >= 0.3 is 5.97 Å². The van der Waals surface area contributed by atoms with E-state index < -0.39 is 0 Å². The molecule has 2 nitrogen and oxygen atoms in total. The van der Waals surface area contributed by atoms with Crippen molar-refractivity contribution in [1.82, 2.24) is 0 Å². The smallest absolute Gasteiger partial charge is 0.330 e. The van der Waals surface area contributed by atoms with E-state index in [1.807, 2.05) is 6.92 Å². The Morgan fingerprint density at radius 2 is 1.93 bits per heavy atom. The molecule has 1 aliphatic carbocycles. The van der Waals surface area contributed by atoms with Gasteiger partial charge in [0.2, 0.25) is 0 Å². The van der Waals surface area contributed by atoms with E-state index in [-0.39, 0.29) is 5.97 Å². The number of allylic oxidation sites excluding steroid dienone is 2. The minimum atomic E-state index is -0.188. The van der Waals surface area contributed by atoms with Crippen LogP contribution < -0.4 is 0 Å². The molecule has 0 saturated heterocycles. The van der Waals surface area contributed by atoms with E-state index in [9.17, 15) is 4.79 Å². The fraction of sp³-hybridized carbons (Fsp3) is 0.615. The van der Waals surface area contributed by atoms with Gasteiger partial charge in [-0.2, -0.15) is 0 Å². The van der Waals surface area contributed by atoms with Gasteiger partial charge in [0.05, 0.1) is 6.61 Å². The van der Waals surface area contributed by atoms with Gasteiger partial charge in [-0.25, -0.2) is 4.79 Å². The van der Waals surface area contributed by atoms with Crippen molar-refractivity contribution >= 4 is 5.97 Å². The van der Waals surface area contributed by atoms with Crippen molar-refractivity contribution in [3.63, 3.8) is 0 Å². The van der Waals surface area contributed by atoms with Crippen LogP contribution in [0.3, 0.4) is 0 Å². The van der Waals surface area contributed by atoms with Crippen molar-refractivity contribution < 1.29 is 9.53 Å². The van der Waals surface area contributed by atoms with Crippen molar-refractivity contribution in [2.45, 2.75) is 45.4 Å². The second-order valence-electron chi connectivity index (χ2n) is 4.01. The van der Waals surface area contributed by atoms with Gasteiger partial charge in [0.15, 0.2) is 0 Å². The Morgan fingerprint density at radius 1 is 1.33 bits per heavy atom. The van der Waals surface area contributed by atoms with Crippen molar-refractivity contribution in [3.05, 3.63) is 23.8 Å². The second-order valence-corrected chi connectivity index (χ2v) is 4.01. The molecule has 1 fully saturated rings. The van der Waals surface area contributed by atoms with Crippen LogP contribution in [-0.2, 0) is 9.53 Å². The molecule has 0 N–H and O–H groups in total. The van der Waals surface area contributed by atoms with Gasteiger partial charge in [-0.1, -0.05) is 17.7 Å². The Labute approximate surface area is 92.0 Å². The van der Waals surface area contributed by atoms with Gasteiger partial charge in [0, 0.05) is 6.08 Å². The van der Waals surface area contributed by atoms with Gasteiger partial charge in [-0.3, -0.25) is 0 Å². The molecule has 0 heterocycles. The largest absolute Gasteiger partial charge is 0.463 e. The highest BCUT2D eigenvalue weighted by Crippen LogP contribution is 2.23. The number of esters is 1. The molecule has 0 aromatic heterocycles. The third-order valence-electron chi connectivity index (χ3n) is 2.67. The number of hydrogen-bond donors (Lipinski definition) is 0. The molecule has 0 aliphatic heterocycles. The first kappa shape index (κ1) is 12.0. The lowest BCUT2D eigenvalue weighted by atomic mass is 9.93. The summed E-state index contributed by atoms with van der Waals surface area (Å²) in [5.74, 6) is -0.188. The zero-order valence-corrected chi connectivity index (χ0v) is 9.55. The quantitative estimate of drug-likeness (QED) is 0.395. The third-order valence-corrected chi connectivity index (χ3v) is 2.67. The van der Waals surface area contributed by atoms with Crippen molar-refractivity contribution in [1.29, 1.82) is 0 Å². The zero-order valence-electron chi connectivity index (χ0n) is 9.55. The molecule has 15 heavy (non-hydrogen) atoms. The topological polar surface area (TPSA) is 26.3 Å². The molecule has 1 rings (SSSR count). The summed E-state index contributed by atoms with van der Waals surface area (Å²) in [7, 11) is 0. The molecular weight excluding hydrogens is 188 g/mol. The predicted octanol–water partition coefficient (Wildman–Crippen LogP) is 3.39. The molecule has 1 saturated carbocycles. The van der Waals surface area contributed by atoms with Crippen LogP contribution in [0.25, 0.3) is 0 Å². The molecule has 0 aromatic rings. The maximum Gasteiger partial charge on any atom is 0.330 e. The highest BCUT2D eigenvalue weighted by atomic mass is 16.5. The summed E-state index contributed by atoms with van der Waals surface area (Å²) < 4.78 is 4.90. The number of ether oxygens (including phenoxy) is 1. The van der Waals surface area contributed by atoms with Gasteiger partial charge in [-0.05, 0) is 45.4 Å². The molecule has 0 aromatic carbocycles. The Kier molecular flexibility index (Phi) is 5.16. The third kappa shape index (κ3) is 4.82. The summed E-state index contributed by atoms with van der Waals surface area (Å²) >= 11 is 0. The Morgan fingerprint density at radius 3 is 2.47 bits per heavy atom. The SMILES string of the molecule is C=C1CCCC(=CC(=O)OCC)CCC1. The molecule has 84 valence electrons. The van der Waals surface area contributed by atoms with Gasteiger partial charge in [-0.15, -0.1) is 0 Å². The highest BCUT2D eigenvalue weighted by molar-refractivity contribution is 5.82. The van der Waals surface area contributed by atoms with Crippen LogP contribution in [0, 0.1) is 0 Å². The average Bonchev–Trinajstić information content (AvgIpc) is 2.14. The summed E-state index contributed by atoms with van der Waals surface area (Å²) in [6, 6.07) is 0. The van der Waals surface area contributed by atoms with Gasteiger partial charge < -0.3 is 4.74 Å². The number of carbonyl (C=O) groups excluding carboxylic acids is 1. The average molecular weight is 208 g/mol. The van der Waals surface area contributed by atoms with Crippen molar-refractivity contribution in [2.24, 2.45) is 0 Å². The molecule has 0 atom stereocenters. The predicted molar refractivity (Wildman–Crippen MR) is 61.6 cm³/mol. The highest BCUT2D eigenvalue weighted by Gasteiger charge is 2.07. The summed E-state index contributed by atoms with van der Waals surface area (Å²) in [4.78, 5) is 11.3. The van der Waals surface area contributed by atoms with Crippen LogP contribution in [0.1, 0.15) is 45.4 Å². The first-order valence-corrected chi connectivity index (χ1v) is 5.75. The molecule has 0 radical (unpaired) electrons. The standard InChI is InChI=1S/C13H20O2/c1-3-15-13(14)10-12-8-4-6-11(2)7-5-9-12/h10H,2-9H2,1H3. The Hall–Kier alpha value is -1.05. The maximum atomic E-state index is 11.3. The van der Waals surface area contributed by atoms with Crippen LogP contribution in [-0.4, -0.2) is 12.6 Å². The minimum absolute atomic E-state index is 0.188. The Balaban J connectivity index is 2.47. The first-order chi connectivity index (χ1) is 7.22. The van der Waals surface area contributed by atoms with E-state index in [1.54, 1.807) is 6.08 Å². The van der Waals surface area contributed by atoms with Gasteiger partial charge in [0.1, 0.15) is 0 Å². The van der Waals surface area contributed by atoms with Crippen LogP contribution in [0.15, 0.2) is 23.8 Å². The number of rotatable bonds is 2. The minimum Gasteiger partial charge on any atom is -0.463 e. The Bertz CT molecular complexity index is 250. The van der Waals surface area contributed by atoms with E-state index in [1.165, 1.54) is 11.1 Å². The summed E-state index contributed by atoms with van der Waals surface area (Å²) in [6.07, 6.45) is 8.13. The summed E-state index contributed by atoms with van der Waals surface area (Å²) in [6.45, 7) is 6.31.